The lowest BCUT2D eigenvalue weighted by molar-refractivity contribution is 0.565. The topological polar surface area (TPSA) is 17.8 Å². The van der Waals surface area contributed by atoms with Crippen molar-refractivity contribution < 1.29 is 0 Å². The zero-order valence-corrected chi connectivity index (χ0v) is 7.65. The summed E-state index contributed by atoms with van der Waals surface area (Å²) in [6.45, 7) is 4.96. The first-order valence-electron chi connectivity index (χ1n) is 3.86. The van der Waals surface area contributed by atoms with E-state index in [9.17, 15) is 0 Å². The van der Waals surface area contributed by atoms with Crippen molar-refractivity contribution in [1.29, 1.82) is 0 Å². The Morgan fingerprint density at radius 1 is 1.64 bits per heavy atom. The molecule has 0 aromatic carbocycles. The van der Waals surface area contributed by atoms with E-state index in [1.807, 2.05) is 6.92 Å². The van der Waals surface area contributed by atoms with Crippen molar-refractivity contribution in [2.45, 2.75) is 33.2 Å². The summed E-state index contributed by atoms with van der Waals surface area (Å²) in [6, 6.07) is 0. The Hall–Kier alpha value is -0.500. The van der Waals surface area contributed by atoms with E-state index in [4.69, 9.17) is 11.6 Å². The van der Waals surface area contributed by atoms with Gasteiger partial charge in [-0.05, 0) is 13.3 Å². The van der Waals surface area contributed by atoms with Crippen LogP contribution in [0.5, 0.6) is 0 Å². The smallest absolute Gasteiger partial charge is 0.107 e. The summed E-state index contributed by atoms with van der Waals surface area (Å²) in [5.74, 6) is 0. The summed E-state index contributed by atoms with van der Waals surface area (Å²) in [6.07, 6.45) is 5.25. The van der Waals surface area contributed by atoms with Crippen molar-refractivity contribution in [3.63, 3.8) is 0 Å². The zero-order chi connectivity index (χ0) is 8.27. The number of nitrogens with zero attached hydrogens (tertiary/aromatic N) is 2. The van der Waals surface area contributed by atoms with Gasteiger partial charge in [0, 0.05) is 6.54 Å². The van der Waals surface area contributed by atoms with Gasteiger partial charge >= 0.3 is 0 Å². The maximum atomic E-state index is 5.77. The molecule has 0 aliphatic carbocycles. The van der Waals surface area contributed by atoms with Gasteiger partial charge in [0.15, 0.2) is 0 Å². The molecular weight excluding hydrogens is 160 g/mol. The van der Waals surface area contributed by atoms with E-state index in [-0.39, 0.29) is 0 Å². The molecule has 0 saturated carbocycles. The first-order chi connectivity index (χ1) is 5.24. The van der Waals surface area contributed by atoms with E-state index < -0.39 is 0 Å². The number of rotatable bonds is 3. The molecule has 0 aliphatic heterocycles. The van der Waals surface area contributed by atoms with E-state index in [2.05, 4.69) is 18.2 Å². The summed E-state index contributed by atoms with van der Waals surface area (Å²) in [5, 5.41) is 4.82. The van der Waals surface area contributed by atoms with Crippen molar-refractivity contribution in [1.82, 2.24) is 9.78 Å². The summed E-state index contributed by atoms with van der Waals surface area (Å²) >= 11 is 5.77. The third kappa shape index (κ3) is 2.22. The van der Waals surface area contributed by atoms with Crippen molar-refractivity contribution >= 4 is 11.6 Å². The lowest BCUT2D eigenvalue weighted by Crippen LogP contribution is -1.98. The number of aromatic nitrogens is 2. The second kappa shape index (κ2) is 3.77. The van der Waals surface area contributed by atoms with Crippen LogP contribution in [0.1, 0.15) is 25.5 Å². The minimum atomic E-state index is 0.640. The number of hydrogen-bond donors (Lipinski definition) is 0. The lowest BCUT2D eigenvalue weighted by atomic mass is 10.3. The van der Waals surface area contributed by atoms with Gasteiger partial charge in [0.1, 0.15) is 6.20 Å². The number of unbranched alkanes of at least 4 members (excludes halogenated alkanes) is 1. The number of aryl methyl sites for hydroxylation is 2. The Morgan fingerprint density at radius 2 is 2.36 bits per heavy atom. The second-order valence-corrected chi connectivity index (χ2v) is 2.97. The molecule has 0 bridgehead atoms. The molecule has 1 aromatic rings. The monoisotopic (exact) mass is 171 g/mol. The standard InChI is InChI=1S/C8H12ClN2/c1-3-4-5-11-6-8(9)7(2)10-11/h3-5H2,1-2H3. The predicted octanol–water partition coefficient (Wildman–Crippen LogP) is 2.45. The minimum Gasteiger partial charge on any atom is -0.261 e. The summed E-state index contributed by atoms with van der Waals surface area (Å²) < 4.78 is 1.78. The SMILES string of the molecule is CCCCn1[c]c(Cl)c(C)n1. The third-order valence-corrected chi connectivity index (χ3v) is 1.90. The molecule has 0 fully saturated rings. The Balaban J connectivity index is 2.58. The van der Waals surface area contributed by atoms with Crippen LogP contribution in [0, 0.1) is 13.1 Å². The van der Waals surface area contributed by atoms with Gasteiger partial charge in [-0.25, -0.2) is 0 Å². The van der Waals surface area contributed by atoms with E-state index >= 15 is 0 Å². The molecule has 0 amide bonds. The molecule has 61 valence electrons. The first-order valence-corrected chi connectivity index (χ1v) is 4.24. The fourth-order valence-corrected chi connectivity index (χ4v) is 0.993. The van der Waals surface area contributed by atoms with E-state index in [1.54, 1.807) is 4.68 Å². The molecule has 1 aromatic heterocycles. The molecule has 1 heterocycles. The second-order valence-electron chi connectivity index (χ2n) is 2.59. The zero-order valence-electron chi connectivity index (χ0n) is 6.89. The van der Waals surface area contributed by atoms with Gasteiger partial charge in [-0.2, -0.15) is 5.10 Å². The first kappa shape index (κ1) is 8.60. The van der Waals surface area contributed by atoms with Crippen LogP contribution in [0.4, 0.5) is 0 Å². The summed E-state index contributed by atoms with van der Waals surface area (Å²) in [5.41, 5.74) is 0.864. The fourth-order valence-electron chi connectivity index (χ4n) is 0.858. The molecule has 0 saturated heterocycles. The molecule has 11 heavy (non-hydrogen) atoms. The molecular formula is C8H12ClN2. The third-order valence-electron chi connectivity index (χ3n) is 1.54. The Morgan fingerprint density at radius 3 is 2.82 bits per heavy atom. The quantitative estimate of drug-likeness (QED) is 0.683. The highest BCUT2D eigenvalue weighted by Gasteiger charge is 2.00. The van der Waals surface area contributed by atoms with Crippen LogP contribution in [0.25, 0.3) is 0 Å². The maximum absolute atomic E-state index is 5.77. The van der Waals surface area contributed by atoms with Crippen LogP contribution in [0.2, 0.25) is 5.02 Å². The van der Waals surface area contributed by atoms with E-state index in [0.717, 1.165) is 18.7 Å². The van der Waals surface area contributed by atoms with Crippen LogP contribution < -0.4 is 0 Å². The van der Waals surface area contributed by atoms with Gasteiger partial charge in [0.25, 0.3) is 0 Å². The van der Waals surface area contributed by atoms with Gasteiger partial charge in [-0.15, -0.1) is 0 Å². The minimum absolute atomic E-state index is 0.640. The molecule has 1 radical (unpaired) electrons. The van der Waals surface area contributed by atoms with E-state index in [1.165, 1.54) is 6.42 Å². The molecule has 1 rings (SSSR count). The van der Waals surface area contributed by atoms with Crippen molar-refractivity contribution in [3.8, 4) is 0 Å². The van der Waals surface area contributed by atoms with Crippen molar-refractivity contribution in [3.05, 3.63) is 16.9 Å². The highest BCUT2D eigenvalue weighted by Crippen LogP contribution is 2.11. The highest BCUT2D eigenvalue weighted by atomic mass is 35.5. The highest BCUT2D eigenvalue weighted by molar-refractivity contribution is 6.30. The van der Waals surface area contributed by atoms with Gasteiger partial charge in [0.2, 0.25) is 0 Å². The molecule has 0 atom stereocenters. The van der Waals surface area contributed by atoms with Gasteiger partial charge in [0.05, 0.1) is 10.7 Å². The predicted molar refractivity (Wildman–Crippen MR) is 45.7 cm³/mol. The van der Waals surface area contributed by atoms with Crippen LogP contribution in [-0.4, -0.2) is 9.78 Å². The average Bonchev–Trinajstić information content (AvgIpc) is 2.28. The van der Waals surface area contributed by atoms with Gasteiger partial charge in [-0.3, -0.25) is 4.68 Å². The summed E-state index contributed by atoms with van der Waals surface area (Å²) in [7, 11) is 0. The fraction of sp³-hybridized carbons (Fsp3) is 0.625. The van der Waals surface area contributed by atoms with Crippen molar-refractivity contribution in [2.24, 2.45) is 0 Å². The Kier molecular flexibility index (Phi) is 2.94. The normalized spacial score (nSPS) is 10.5. The van der Waals surface area contributed by atoms with Crippen LogP contribution >= 0.6 is 11.6 Å². The molecule has 0 unspecified atom stereocenters. The Bertz CT molecular complexity index is 210. The van der Waals surface area contributed by atoms with Gasteiger partial charge in [-0.1, -0.05) is 24.9 Å². The molecule has 3 heteroatoms. The van der Waals surface area contributed by atoms with Crippen LogP contribution in [0.3, 0.4) is 0 Å². The van der Waals surface area contributed by atoms with Crippen LogP contribution in [0.15, 0.2) is 0 Å². The molecule has 0 spiro atoms. The number of halogens is 1. The molecule has 0 N–H and O–H groups in total. The summed E-state index contributed by atoms with van der Waals surface area (Å²) in [4.78, 5) is 0. The van der Waals surface area contributed by atoms with Crippen molar-refractivity contribution in [2.75, 3.05) is 0 Å². The Labute approximate surface area is 72.2 Å². The van der Waals surface area contributed by atoms with Gasteiger partial charge < -0.3 is 0 Å². The number of hydrogen-bond acceptors (Lipinski definition) is 1. The lowest BCUT2D eigenvalue weighted by Gasteiger charge is -1.95. The maximum Gasteiger partial charge on any atom is 0.107 e. The molecule has 0 aliphatic rings. The largest absolute Gasteiger partial charge is 0.261 e. The van der Waals surface area contributed by atoms with Crippen LogP contribution in [-0.2, 0) is 6.54 Å². The van der Waals surface area contributed by atoms with E-state index in [0.29, 0.717) is 5.02 Å². The molecule has 2 nitrogen and oxygen atoms in total. The average molecular weight is 172 g/mol.